The first-order valence-electron chi connectivity index (χ1n) is 7.91. The molecule has 1 N–H and O–H groups in total. The van der Waals surface area contributed by atoms with Crippen molar-refractivity contribution in [2.24, 2.45) is 5.92 Å². The molecule has 1 fully saturated rings. The number of carboxylic acids is 1. The maximum Gasteiger partial charge on any atom is 0.308 e. The van der Waals surface area contributed by atoms with Crippen molar-refractivity contribution in [3.63, 3.8) is 0 Å². The van der Waals surface area contributed by atoms with E-state index in [4.69, 9.17) is 14.6 Å². The Morgan fingerprint density at radius 2 is 1.83 bits per heavy atom. The topological polar surface area (TPSA) is 76.1 Å². The van der Waals surface area contributed by atoms with E-state index >= 15 is 0 Å². The maximum absolute atomic E-state index is 12.2. The van der Waals surface area contributed by atoms with Gasteiger partial charge in [0, 0.05) is 12.6 Å². The molecule has 1 aromatic rings. The van der Waals surface area contributed by atoms with Crippen molar-refractivity contribution >= 4 is 11.9 Å². The average molecular weight is 321 g/mol. The van der Waals surface area contributed by atoms with Gasteiger partial charge in [-0.2, -0.15) is 0 Å². The molecule has 1 amide bonds. The van der Waals surface area contributed by atoms with Crippen LogP contribution >= 0.6 is 0 Å². The number of rotatable bonds is 7. The van der Waals surface area contributed by atoms with Crippen molar-refractivity contribution < 1.29 is 24.2 Å². The highest BCUT2D eigenvalue weighted by atomic mass is 16.5. The summed E-state index contributed by atoms with van der Waals surface area (Å²) in [5, 5.41) is 9.10. The quantitative estimate of drug-likeness (QED) is 0.833. The van der Waals surface area contributed by atoms with Gasteiger partial charge in [0.25, 0.3) is 5.91 Å². The number of carboxylic acid groups (broad SMARTS) is 1. The monoisotopic (exact) mass is 321 g/mol. The van der Waals surface area contributed by atoms with E-state index in [1.807, 2.05) is 6.92 Å². The number of carbonyl (C=O) groups excluding carboxylic acids is 1. The molecule has 0 saturated carbocycles. The molecule has 0 bridgehead atoms. The van der Waals surface area contributed by atoms with E-state index in [2.05, 4.69) is 0 Å². The molecule has 126 valence electrons. The van der Waals surface area contributed by atoms with Crippen molar-refractivity contribution in [3.05, 3.63) is 24.3 Å². The van der Waals surface area contributed by atoms with E-state index in [1.165, 1.54) is 0 Å². The van der Waals surface area contributed by atoms with Gasteiger partial charge in [-0.25, -0.2) is 0 Å². The molecule has 6 nitrogen and oxygen atoms in total. The minimum absolute atomic E-state index is 0.0914. The predicted octanol–water partition coefficient (Wildman–Crippen LogP) is 2.18. The molecule has 0 radical (unpaired) electrons. The number of hydrogen-bond donors (Lipinski definition) is 1. The van der Waals surface area contributed by atoms with E-state index < -0.39 is 11.9 Å². The predicted molar refractivity (Wildman–Crippen MR) is 84.6 cm³/mol. The Bertz CT molecular complexity index is 542. The van der Waals surface area contributed by atoms with Crippen LogP contribution < -0.4 is 9.47 Å². The summed E-state index contributed by atoms with van der Waals surface area (Å²) in [4.78, 5) is 24.9. The minimum atomic E-state index is -0.851. The average Bonchev–Trinajstić information content (AvgIpc) is 2.93. The molecule has 23 heavy (non-hydrogen) atoms. The van der Waals surface area contributed by atoms with Crippen LogP contribution in [0.1, 0.15) is 26.7 Å². The zero-order chi connectivity index (χ0) is 16.8. The lowest BCUT2D eigenvalue weighted by Crippen LogP contribution is -2.40. The third kappa shape index (κ3) is 4.37. The molecule has 1 saturated heterocycles. The molecule has 1 aromatic carbocycles. The van der Waals surface area contributed by atoms with Crippen LogP contribution in [0.2, 0.25) is 0 Å². The van der Waals surface area contributed by atoms with Crippen LogP contribution in [-0.4, -0.2) is 47.7 Å². The lowest BCUT2D eigenvalue weighted by atomic mass is 10.0. The summed E-state index contributed by atoms with van der Waals surface area (Å²) in [5.41, 5.74) is 0. The van der Waals surface area contributed by atoms with Crippen LogP contribution in [0.3, 0.4) is 0 Å². The molecule has 2 atom stereocenters. The normalized spacial score (nSPS) is 20.3. The number of likely N-dealkylation sites (tertiary alicyclic amines) is 1. The first-order valence-corrected chi connectivity index (χ1v) is 7.91. The molecule has 2 rings (SSSR count). The van der Waals surface area contributed by atoms with Crippen molar-refractivity contribution in [2.75, 3.05) is 19.8 Å². The van der Waals surface area contributed by atoms with Gasteiger partial charge >= 0.3 is 5.97 Å². The van der Waals surface area contributed by atoms with Gasteiger partial charge in [0.05, 0.1) is 12.5 Å². The fraction of sp³-hybridized carbons (Fsp3) is 0.529. The molecule has 0 aromatic heterocycles. The SMILES string of the molecule is CCCOc1ccc(OCC(=O)N2CCC(C(=O)O)C2C)cc1. The Morgan fingerprint density at radius 3 is 2.35 bits per heavy atom. The highest BCUT2D eigenvalue weighted by Gasteiger charge is 2.38. The number of amides is 1. The number of benzene rings is 1. The third-order valence-electron chi connectivity index (χ3n) is 4.05. The van der Waals surface area contributed by atoms with Gasteiger partial charge in [-0.3, -0.25) is 9.59 Å². The van der Waals surface area contributed by atoms with Gasteiger partial charge < -0.3 is 19.5 Å². The Hall–Kier alpha value is -2.24. The largest absolute Gasteiger partial charge is 0.494 e. The van der Waals surface area contributed by atoms with Crippen molar-refractivity contribution in [3.8, 4) is 11.5 Å². The minimum Gasteiger partial charge on any atom is -0.494 e. The third-order valence-corrected chi connectivity index (χ3v) is 4.05. The van der Waals surface area contributed by atoms with Gasteiger partial charge in [0.1, 0.15) is 11.5 Å². The fourth-order valence-corrected chi connectivity index (χ4v) is 2.70. The molecule has 0 aliphatic carbocycles. The van der Waals surface area contributed by atoms with Gasteiger partial charge in [-0.15, -0.1) is 0 Å². The summed E-state index contributed by atoms with van der Waals surface area (Å²) >= 11 is 0. The molecular weight excluding hydrogens is 298 g/mol. The number of nitrogens with zero attached hydrogens (tertiary/aromatic N) is 1. The van der Waals surface area contributed by atoms with Crippen LogP contribution in [0.5, 0.6) is 11.5 Å². The van der Waals surface area contributed by atoms with E-state index in [9.17, 15) is 9.59 Å². The van der Waals surface area contributed by atoms with E-state index in [0.717, 1.165) is 12.2 Å². The molecule has 1 aliphatic rings. The Balaban J connectivity index is 1.83. The summed E-state index contributed by atoms with van der Waals surface area (Å²) < 4.78 is 11.0. The van der Waals surface area contributed by atoms with Gasteiger partial charge in [0.15, 0.2) is 6.61 Å². The van der Waals surface area contributed by atoms with Crippen molar-refractivity contribution in [1.82, 2.24) is 4.90 Å². The molecule has 6 heteroatoms. The smallest absolute Gasteiger partial charge is 0.308 e. The van der Waals surface area contributed by atoms with E-state index in [1.54, 1.807) is 36.1 Å². The second kappa shape index (κ2) is 7.85. The van der Waals surface area contributed by atoms with Crippen LogP contribution in [-0.2, 0) is 9.59 Å². The summed E-state index contributed by atoms with van der Waals surface area (Å²) in [6.07, 6.45) is 1.43. The molecule has 1 heterocycles. The van der Waals surface area contributed by atoms with Gasteiger partial charge in [0.2, 0.25) is 0 Å². The second-order valence-electron chi connectivity index (χ2n) is 5.67. The zero-order valence-electron chi connectivity index (χ0n) is 13.5. The number of aliphatic carboxylic acids is 1. The van der Waals surface area contributed by atoms with Gasteiger partial charge in [-0.1, -0.05) is 6.92 Å². The summed E-state index contributed by atoms with van der Waals surface area (Å²) in [6, 6.07) is 6.81. The maximum atomic E-state index is 12.2. The second-order valence-corrected chi connectivity index (χ2v) is 5.67. The lowest BCUT2D eigenvalue weighted by molar-refractivity contribution is -0.143. The molecular formula is C17H23NO5. The van der Waals surface area contributed by atoms with E-state index in [0.29, 0.717) is 25.3 Å². The summed E-state index contributed by atoms with van der Waals surface area (Å²) in [5.74, 6) is -0.176. The van der Waals surface area contributed by atoms with Crippen molar-refractivity contribution in [2.45, 2.75) is 32.7 Å². The highest BCUT2D eigenvalue weighted by Crippen LogP contribution is 2.24. The summed E-state index contributed by atoms with van der Waals surface area (Å²) in [6.45, 7) is 4.84. The molecule has 2 unspecified atom stereocenters. The van der Waals surface area contributed by atoms with Crippen LogP contribution in [0, 0.1) is 5.92 Å². The zero-order valence-corrected chi connectivity index (χ0v) is 13.5. The van der Waals surface area contributed by atoms with Crippen LogP contribution in [0.15, 0.2) is 24.3 Å². The Labute approximate surface area is 136 Å². The summed E-state index contributed by atoms with van der Waals surface area (Å²) in [7, 11) is 0. The van der Waals surface area contributed by atoms with Crippen molar-refractivity contribution in [1.29, 1.82) is 0 Å². The molecule has 1 aliphatic heterocycles. The first-order chi connectivity index (χ1) is 11.0. The highest BCUT2D eigenvalue weighted by molar-refractivity contribution is 5.80. The number of ether oxygens (including phenoxy) is 2. The van der Waals surface area contributed by atoms with Gasteiger partial charge in [-0.05, 0) is 44.0 Å². The first kappa shape index (κ1) is 17.1. The fourth-order valence-electron chi connectivity index (χ4n) is 2.70. The van der Waals surface area contributed by atoms with E-state index in [-0.39, 0.29) is 18.6 Å². The Morgan fingerprint density at radius 1 is 1.22 bits per heavy atom. The lowest BCUT2D eigenvalue weighted by Gasteiger charge is -2.23. The van der Waals surface area contributed by atoms with Crippen LogP contribution in [0.25, 0.3) is 0 Å². The van der Waals surface area contributed by atoms with Crippen LogP contribution in [0.4, 0.5) is 0 Å². The molecule has 0 spiro atoms. The number of carbonyl (C=O) groups is 2. The number of hydrogen-bond acceptors (Lipinski definition) is 4. The standard InChI is InChI=1S/C17H23NO5/c1-3-10-22-13-4-6-14(7-5-13)23-11-16(19)18-9-8-15(12(18)2)17(20)21/h4-7,12,15H,3,8-11H2,1-2H3,(H,20,21). The Kier molecular flexibility index (Phi) is 5.84.